The lowest BCUT2D eigenvalue weighted by atomic mass is 10.00. The van der Waals surface area contributed by atoms with Crippen LogP contribution in [0.4, 0.5) is 0 Å². The van der Waals surface area contributed by atoms with Crippen molar-refractivity contribution in [1.82, 2.24) is 9.97 Å². The van der Waals surface area contributed by atoms with Crippen molar-refractivity contribution in [1.29, 1.82) is 0 Å². The lowest BCUT2D eigenvalue weighted by molar-refractivity contribution is 0.0691. The van der Waals surface area contributed by atoms with Crippen LogP contribution in [0.25, 0.3) is 11.3 Å². The highest BCUT2D eigenvalue weighted by Gasteiger charge is 2.19. The molecule has 0 amide bonds. The molecule has 98 valence electrons. The summed E-state index contributed by atoms with van der Waals surface area (Å²) < 4.78 is 5.34. The van der Waals surface area contributed by atoms with Crippen LogP contribution in [0.2, 0.25) is 0 Å². The van der Waals surface area contributed by atoms with Crippen LogP contribution in [-0.2, 0) is 0 Å². The second kappa shape index (κ2) is 5.06. The molecule has 19 heavy (non-hydrogen) atoms. The highest BCUT2D eigenvalue weighted by Crippen LogP contribution is 2.34. The fourth-order valence-electron chi connectivity index (χ4n) is 2.07. The van der Waals surface area contributed by atoms with Gasteiger partial charge in [0.25, 0.3) is 0 Å². The van der Waals surface area contributed by atoms with E-state index < -0.39 is 5.97 Å². The summed E-state index contributed by atoms with van der Waals surface area (Å²) in [4.78, 5) is 19.3. The van der Waals surface area contributed by atoms with Crippen LogP contribution in [-0.4, -0.2) is 28.2 Å². The van der Waals surface area contributed by atoms with Gasteiger partial charge < -0.3 is 9.84 Å². The van der Waals surface area contributed by atoms with E-state index in [1.54, 1.807) is 7.11 Å². The first-order valence-electron chi connectivity index (χ1n) is 5.74. The molecule has 2 rings (SSSR count). The van der Waals surface area contributed by atoms with Gasteiger partial charge in [0.1, 0.15) is 11.4 Å². The minimum atomic E-state index is -1.11. The van der Waals surface area contributed by atoms with E-state index in [2.05, 4.69) is 9.97 Å². The number of hydrogen-bond donors (Lipinski definition) is 1. The molecule has 1 aromatic heterocycles. The number of aryl methyl sites for hydroxylation is 2. The van der Waals surface area contributed by atoms with Crippen molar-refractivity contribution < 1.29 is 14.6 Å². The first-order chi connectivity index (χ1) is 9.04. The van der Waals surface area contributed by atoms with E-state index in [-0.39, 0.29) is 5.69 Å². The van der Waals surface area contributed by atoms with Gasteiger partial charge in [0.15, 0.2) is 5.69 Å². The van der Waals surface area contributed by atoms with Crippen molar-refractivity contribution in [3.63, 3.8) is 0 Å². The van der Waals surface area contributed by atoms with E-state index >= 15 is 0 Å². The lowest BCUT2D eigenvalue weighted by Crippen LogP contribution is -2.06. The number of methoxy groups -OCH3 is 1. The minimum Gasteiger partial charge on any atom is -0.496 e. The number of carboxylic acid groups (broad SMARTS) is 1. The van der Waals surface area contributed by atoms with Crippen LogP contribution in [0.5, 0.6) is 5.75 Å². The Balaban J connectivity index is 2.75. The number of carboxylic acids is 1. The molecule has 0 radical (unpaired) electrons. The number of benzene rings is 1. The maximum atomic E-state index is 11.2. The van der Waals surface area contributed by atoms with Gasteiger partial charge in [-0.15, -0.1) is 0 Å². The molecule has 1 aromatic carbocycles. The average Bonchev–Trinajstić information content (AvgIpc) is 2.37. The molecule has 2 aromatic rings. The fourth-order valence-corrected chi connectivity index (χ4v) is 2.07. The molecule has 0 saturated carbocycles. The summed E-state index contributed by atoms with van der Waals surface area (Å²) in [6.45, 7) is 3.85. The fraction of sp³-hybridized carbons (Fsp3) is 0.214. The van der Waals surface area contributed by atoms with E-state index in [1.807, 2.05) is 26.0 Å². The predicted octanol–water partition coefficient (Wildman–Crippen LogP) is 2.47. The van der Waals surface area contributed by atoms with Gasteiger partial charge in [0.2, 0.25) is 0 Å². The van der Waals surface area contributed by atoms with E-state index in [1.165, 1.54) is 12.4 Å². The minimum absolute atomic E-state index is 0.0762. The molecule has 5 heteroatoms. The lowest BCUT2D eigenvalue weighted by Gasteiger charge is -2.13. The monoisotopic (exact) mass is 258 g/mol. The number of hydrogen-bond acceptors (Lipinski definition) is 4. The standard InChI is InChI=1S/C14H14N2O3/c1-8-6-9(2)11(10(7-8)19-3)12-13(14(17)18)16-5-4-15-12/h4-7H,1-3H3,(H,17,18). The number of carbonyl (C=O) groups is 1. The van der Waals surface area contributed by atoms with Gasteiger partial charge in [-0.05, 0) is 31.0 Å². The summed E-state index contributed by atoms with van der Waals surface area (Å²) in [7, 11) is 1.55. The van der Waals surface area contributed by atoms with Gasteiger partial charge in [-0.25, -0.2) is 9.78 Å². The highest BCUT2D eigenvalue weighted by atomic mass is 16.5. The summed E-state index contributed by atoms with van der Waals surface area (Å²) in [6.07, 6.45) is 2.84. The van der Waals surface area contributed by atoms with Gasteiger partial charge in [-0.2, -0.15) is 0 Å². The van der Waals surface area contributed by atoms with Crippen LogP contribution >= 0.6 is 0 Å². The molecule has 0 aliphatic carbocycles. The van der Waals surface area contributed by atoms with Crippen molar-refractivity contribution in [2.75, 3.05) is 7.11 Å². The van der Waals surface area contributed by atoms with Gasteiger partial charge in [0.05, 0.1) is 7.11 Å². The Kier molecular flexibility index (Phi) is 3.46. The Morgan fingerprint density at radius 3 is 2.53 bits per heavy atom. The van der Waals surface area contributed by atoms with Gasteiger partial charge in [0, 0.05) is 18.0 Å². The summed E-state index contributed by atoms with van der Waals surface area (Å²) in [5, 5.41) is 9.19. The van der Waals surface area contributed by atoms with E-state index in [0.29, 0.717) is 17.0 Å². The molecule has 0 atom stereocenters. The van der Waals surface area contributed by atoms with Crippen molar-refractivity contribution in [3.05, 3.63) is 41.3 Å². The first kappa shape index (κ1) is 13.0. The molecule has 0 saturated heterocycles. The second-order valence-corrected chi connectivity index (χ2v) is 4.22. The topological polar surface area (TPSA) is 72.3 Å². The number of ether oxygens (including phenoxy) is 1. The van der Waals surface area contributed by atoms with Crippen molar-refractivity contribution >= 4 is 5.97 Å². The normalized spacial score (nSPS) is 10.3. The predicted molar refractivity (Wildman–Crippen MR) is 70.5 cm³/mol. The quantitative estimate of drug-likeness (QED) is 0.915. The zero-order valence-electron chi connectivity index (χ0n) is 11.0. The SMILES string of the molecule is COc1cc(C)cc(C)c1-c1nccnc1C(=O)O. The number of aromatic nitrogens is 2. The van der Waals surface area contributed by atoms with Crippen LogP contribution < -0.4 is 4.74 Å². The molecule has 1 heterocycles. The summed E-state index contributed by atoms with van der Waals surface area (Å²) >= 11 is 0. The number of aromatic carboxylic acids is 1. The summed E-state index contributed by atoms with van der Waals surface area (Å²) in [6, 6.07) is 3.81. The van der Waals surface area contributed by atoms with E-state index in [9.17, 15) is 9.90 Å². The molecule has 0 aliphatic rings. The zero-order chi connectivity index (χ0) is 14.0. The highest BCUT2D eigenvalue weighted by molar-refractivity contribution is 5.94. The zero-order valence-corrected chi connectivity index (χ0v) is 11.0. The Morgan fingerprint density at radius 2 is 1.89 bits per heavy atom. The largest absolute Gasteiger partial charge is 0.496 e. The molecule has 0 unspecified atom stereocenters. The van der Waals surface area contributed by atoms with Crippen LogP contribution in [0.15, 0.2) is 24.5 Å². The Morgan fingerprint density at radius 1 is 1.21 bits per heavy atom. The molecule has 0 spiro atoms. The average molecular weight is 258 g/mol. The number of nitrogens with zero attached hydrogens (tertiary/aromatic N) is 2. The first-order valence-corrected chi connectivity index (χ1v) is 5.74. The van der Waals surface area contributed by atoms with Crippen molar-refractivity contribution in [2.24, 2.45) is 0 Å². The smallest absolute Gasteiger partial charge is 0.356 e. The molecule has 0 aliphatic heterocycles. The Hall–Kier alpha value is -2.43. The Bertz CT molecular complexity index is 639. The van der Waals surface area contributed by atoms with Gasteiger partial charge in [-0.1, -0.05) is 6.07 Å². The van der Waals surface area contributed by atoms with Gasteiger partial charge in [-0.3, -0.25) is 4.98 Å². The molecule has 5 nitrogen and oxygen atoms in total. The van der Waals surface area contributed by atoms with Crippen molar-refractivity contribution in [3.8, 4) is 17.0 Å². The van der Waals surface area contributed by atoms with Gasteiger partial charge >= 0.3 is 5.97 Å². The third kappa shape index (κ3) is 2.40. The van der Waals surface area contributed by atoms with Crippen LogP contribution in [0, 0.1) is 13.8 Å². The van der Waals surface area contributed by atoms with Crippen LogP contribution in [0.1, 0.15) is 21.6 Å². The maximum absolute atomic E-state index is 11.2. The third-order valence-corrected chi connectivity index (χ3v) is 2.80. The molecular formula is C14H14N2O3. The van der Waals surface area contributed by atoms with E-state index in [0.717, 1.165) is 11.1 Å². The summed E-state index contributed by atoms with van der Waals surface area (Å²) in [5.74, 6) is -0.509. The van der Waals surface area contributed by atoms with Crippen molar-refractivity contribution in [2.45, 2.75) is 13.8 Å². The molecule has 0 fully saturated rings. The van der Waals surface area contributed by atoms with Crippen LogP contribution in [0.3, 0.4) is 0 Å². The number of rotatable bonds is 3. The Labute approximate surface area is 110 Å². The molecule has 0 bridgehead atoms. The molecular weight excluding hydrogens is 244 g/mol. The van der Waals surface area contributed by atoms with E-state index in [4.69, 9.17) is 4.74 Å². The third-order valence-electron chi connectivity index (χ3n) is 2.80. The second-order valence-electron chi connectivity index (χ2n) is 4.22. The summed E-state index contributed by atoms with van der Waals surface area (Å²) in [5.41, 5.74) is 2.86. The molecule has 1 N–H and O–H groups in total. The maximum Gasteiger partial charge on any atom is 0.356 e.